The van der Waals surface area contributed by atoms with Crippen molar-refractivity contribution in [2.45, 2.75) is 39.3 Å². The van der Waals surface area contributed by atoms with Gasteiger partial charge in [0.15, 0.2) is 5.82 Å². The maximum absolute atomic E-state index is 12.2. The summed E-state index contributed by atoms with van der Waals surface area (Å²) in [6, 6.07) is 1.48. The Kier molecular flexibility index (Phi) is 3.17. The minimum Gasteiger partial charge on any atom is -0.342 e. The van der Waals surface area contributed by atoms with Gasteiger partial charge >= 0.3 is 0 Å². The largest absolute Gasteiger partial charge is 0.342 e. The van der Waals surface area contributed by atoms with Crippen LogP contribution in [0.5, 0.6) is 0 Å². The lowest BCUT2D eigenvalue weighted by Gasteiger charge is -2.14. The minimum atomic E-state index is -0.186. The molecule has 20 heavy (non-hydrogen) atoms. The van der Waals surface area contributed by atoms with Gasteiger partial charge in [-0.05, 0) is 26.3 Å². The van der Waals surface area contributed by atoms with Crippen molar-refractivity contribution in [2.24, 2.45) is 0 Å². The van der Waals surface area contributed by atoms with E-state index in [0.717, 1.165) is 31.0 Å². The highest BCUT2D eigenvalue weighted by Gasteiger charge is 2.23. The topological polar surface area (TPSA) is 85.6 Å². The summed E-state index contributed by atoms with van der Waals surface area (Å²) in [5.74, 6) is 1.65. The minimum absolute atomic E-state index is 0.166. The number of nitrogens with zero attached hydrogens (tertiary/aromatic N) is 5. The van der Waals surface area contributed by atoms with Gasteiger partial charge in [0.2, 0.25) is 0 Å². The molecule has 0 radical (unpaired) electrons. The highest BCUT2D eigenvalue weighted by atomic mass is 16.1. The smallest absolute Gasteiger partial charge is 0.253 e. The lowest BCUT2D eigenvalue weighted by Crippen LogP contribution is -2.29. The van der Waals surface area contributed by atoms with Gasteiger partial charge in [0.05, 0.1) is 23.5 Å². The van der Waals surface area contributed by atoms with Crippen LogP contribution in [0.3, 0.4) is 0 Å². The van der Waals surface area contributed by atoms with Crippen LogP contribution in [0.25, 0.3) is 0 Å². The molecule has 0 aliphatic carbocycles. The van der Waals surface area contributed by atoms with Crippen LogP contribution in [0.1, 0.15) is 47.1 Å². The van der Waals surface area contributed by atoms with Crippen molar-refractivity contribution in [1.29, 1.82) is 0 Å². The first kappa shape index (κ1) is 12.7. The van der Waals surface area contributed by atoms with Crippen molar-refractivity contribution in [3.8, 4) is 0 Å². The van der Waals surface area contributed by atoms with E-state index in [0.29, 0.717) is 11.3 Å². The fourth-order valence-corrected chi connectivity index (χ4v) is 2.47. The fraction of sp³-hybridized carbons (Fsp3) is 0.462. The zero-order valence-electron chi connectivity index (χ0n) is 11.5. The van der Waals surface area contributed by atoms with Gasteiger partial charge in [-0.25, -0.2) is 0 Å². The molecule has 1 amide bonds. The number of carbonyl (C=O) groups is 1. The van der Waals surface area contributed by atoms with E-state index in [-0.39, 0.29) is 11.9 Å². The van der Waals surface area contributed by atoms with Crippen molar-refractivity contribution < 1.29 is 4.79 Å². The second kappa shape index (κ2) is 4.99. The molecule has 7 nitrogen and oxygen atoms in total. The molecular weight excluding hydrogens is 256 g/mol. The van der Waals surface area contributed by atoms with Crippen molar-refractivity contribution in [3.63, 3.8) is 0 Å². The number of amides is 1. The van der Waals surface area contributed by atoms with E-state index in [4.69, 9.17) is 0 Å². The highest BCUT2D eigenvalue weighted by molar-refractivity contribution is 5.95. The average molecular weight is 272 g/mol. The van der Waals surface area contributed by atoms with Crippen molar-refractivity contribution in [1.82, 2.24) is 30.3 Å². The predicted molar refractivity (Wildman–Crippen MR) is 71.0 cm³/mol. The van der Waals surface area contributed by atoms with Gasteiger partial charge in [0, 0.05) is 13.0 Å². The molecule has 0 aromatic carbocycles. The van der Waals surface area contributed by atoms with E-state index < -0.39 is 0 Å². The number of aromatic nitrogens is 5. The Morgan fingerprint density at radius 2 is 2.25 bits per heavy atom. The van der Waals surface area contributed by atoms with Crippen molar-refractivity contribution >= 4 is 5.91 Å². The second-order valence-corrected chi connectivity index (χ2v) is 4.96. The molecule has 3 heterocycles. The molecule has 1 unspecified atom stereocenters. The van der Waals surface area contributed by atoms with Gasteiger partial charge in [-0.1, -0.05) is 0 Å². The Bertz CT molecular complexity index is 650. The standard InChI is InChI=1S/C13H16N6O/c1-8-10(5-6-14-16-8)13(20)15-9(2)12-18-17-11-4-3-7-19(11)12/h5-6,9H,3-4,7H2,1-2H3,(H,15,20). The van der Waals surface area contributed by atoms with Crippen LogP contribution in [0.4, 0.5) is 0 Å². The van der Waals surface area contributed by atoms with E-state index in [1.165, 1.54) is 6.20 Å². The highest BCUT2D eigenvalue weighted by Crippen LogP contribution is 2.19. The SMILES string of the molecule is Cc1nnccc1C(=O)NC(C)c1nnc2n1CCC2. The predicted octanol–water partition coefficient (Wildman–Crippen LogP) is 0.814. The summed E-state index contributed by atoms with van der Waals surface area (Å²) < 4.78 is 2.09. The monoisotopic (exact) mass is 272 g/mol. The molecule has 1 N–H and O–H groups in total. The zero-order valence-corrected chi connectivity index (χ0v) is 11.5. The first-order valence-electron chi connectivity index (χ1n) is 6.68. The summed E-state index contributed by atoms with van der Waals surface area (Å²) in [5.41, 5.74) is 1.15. The quantitative estimate of drug-likeness (QED) is 0.893. The molecule has 7 heteroatoms. The third-order valence-electron chi connectivity index (χ3n) is 3.52. The number of rotatable bonds is 3. The number of carbonyl (C=O) groups excluding carboxylic acids is 1. The molecule has 2 aromatic heterocycles. The van der Waals surface area contributed by atoms with E-state index in [1.54, 1.807) is 13.0 Å². The molecule has 104 valence electrons. The Morgan fingerprint density at radius 1 is 1.40 bits per heavy atom. The Labute approximate surface area is 116 Å². The lowest BCUT2D eigenvalue weighted by atomic mass is 10.2. The molecule has 0 saturated heterocycles. The fourth-order valence-electron chi connectivity index (χ4n) is 2.47. The van der Waals surface area contributed by atoms with Gasteiger partial charge in [-0.3, -0.25) is 4.79 Å². The summed E-state index contributed by atoms with van der Waals surface area (Å²) in [7, 11) is 0. The van der Waals surface area contributed by atoms with Crippen LogP contribution in [-0.2, 0) is 13.0 Å². The summed E-state index contributed by atoms with van der Waals surface area (Å²) >= 11 is 0. The summed E-state index contributed by atoms with van der Waals surface area (Å²) in [5, 5.41) is 18.9. The molecule has 1 aliphatic heterocycles. The number of hydrogen-bond donors (Lipinski definition) is 1. The third-order valence-corrected chi connectivity index (χ3v) is 3.52. The first-order valence-corrected chi connectivity index (χ1v) is 6.68. The molecule has 0 saturated carbocycles. The summed E-state index contributed by atoms with van der Waals surface area (Å²) in [4.78, 5) is 12.2. The summed E-state index contributed by atoms with van der Waals surface area (Å²) in [6.07, 6.45) is 3.56. The van der Waals surface area contributed by atoms with Crippen LogP contribution in [-0.4, -0.2) is 30.9 Å². The van der Waals surface area contributed by atoms with Gasteiger partial charge in [0.1, 0.15) is 5.82 Å². The first-order chi connectivity index (χ1) is 9.66. The van der Waals surface area contributed by atoms with E-state index in [1.807, 2.05) is 6.92 Å². The van der Waals surface area contributed by atoms with Crippen molar-refractivity contribution in [3.05, 3.63) is 35.2 Å². The molecule has 3 rings (SSSR count). The van der Waals surface area contributed by atoms with Crippen LogP contribution in [0.2, 0.25) is 0 Å². The molecule has 0 spiro atoms. The Morgan fingerprint density at radius 3 is 3.05 bits per heavy atom. The van der Waals surface area contributed by atoms with E-state index in [9.17, 15) is 4.79 Å². The number of fused-ring (bicyclic) bond motifs is 1. The van der Waals surface area contributed by atoms with E-state index in [2.05, 4.69) is 30.3 Å². The maximum Gasteiger partial charge on any atom is 0.253 e. The van der Waals surface area contributed by atoms with Crippen LogP contribution < -0.4 is 5.32 Å². The third kappa shape index (κ3) is 2.15. The molecule has 1 atom stereocenters. The summed E-state index contributed by atoms with van der Waals surface area (Å²) in [6.45, 7) is 4.60. The molecule has 2 aromatic rings. The number of aryl methyl sites for hydroxylation is 2. The Hall–Kier alpha value is -2.31. The Balaban J connectivity index is 1.77. The molecule has 1 aliphatic rings. The van der Waals surface area contributed by atoms with E-state index >= 15 is 0 Å². The molecule has 0 fully saturated rings. The average Bonchev–Trinajstić information content (AvgIpc) is 3.00. The van der Waals surface area contributed by atoms with Crippen LogP contribution >= 0.6 is 0 Å². The molecule has 0 bridgehead atoms. The number of nitrogens with one attached hydrogen (secondary N) is 1. The number of hydrogen-bond acceptors (Lipinski definition) is 5. The van der Waals surface area contributed by atoms with Gasteiger partial charge in [-0.2, -0.15) is 10.2 Å². The van der Waals surface area contributed by atoms with Gasteiger partial charge in [-0.15, -0.1) is 10.2 Å². The second-order valence-electron chi connectivity index (χ2n) is 4.96. The van der Waals surface area contributed by atoms with Gasteiger partial charge in [0.25, 0.3) is 5.91 Å². The maximum atomic E-state index is 12.2. The lowest BCUT2D eigenvalue weighted by molar-refractivity contribution is 0.0936. The van der Waals surface area contributed by atoms with Crippen LogP contribution in [0.15, 0.2) is 12.3 Å². The normalized spacial score (nSPS) is 14.9. The van der Waals surface area contributed by atoms with Crippen molar-refractivity contribution in [2.75, 3.05) is 0 Å². The zero-order chi connectivity index (χ0) is 14.1. The van der Waals surface area contributed by atoms with Gasteiger partial charge < -0.3 is 9.88 Å². The van der Waals surface area contributed by atoms with Crippen LogP contribution in [0, 0.1) is 6.92 Å². The molecular formula is C13H16N6O.